The Morgan fingerprint density at radius 3 is 2.64 bits per heavy atom. The zero-order valence-electron chi connectivity index (χ0n) is 14.0. The second-order valence-electron chi connectivity index (χ2n) is 5.57. The van der Waals surface area contributed by atoms with E-state index in [1.165, 1.54) is 0 Å². The molecule has 1 aromatic carbocycles. The minimum absolute atomic E-state index is 0.106. The van der Waals surface area contributed by atoms with Crippen LogP contribution in [0, 0.1) is 0 Å². The Bertz CT molecular complexity index is 731. The van der Waals surface area contributed by atoms with Crippen molar-refractivity contribution in [2.75, 3.05) is 7.11 Å². The van der Waals surface area contributed by atoms with Crippen LogP contribution in [-0.4, -0.2) is 18.0 Å². The molecule has 0 spiro atoms. The summed E-state index contributed by atoms with van der Waals surface area (Å²) in [6.45, 7) is 1.54. The first-order valence-corrected chi connectivity index (χ1v) is 8.82. The number of furan rings is 1. The fraction of sp³-hybridized carbons (Fsp3) is 0.211. The summed E-state index contributed by atoms with van der Waals surface area (Å²) in [6, 6.07) is 13.4. The third-order valence-electron chi connectivity index (χ3n) is 3.77. The number of urea groups is 1. The van der Waals surface area contributed by atoms with Gasteiger partial charge in [0.25, 0.3) is 0 Å². The SMILES string of the molecule is COc1ccc(CNC(=O)N(Cc2ccoc2)Cc2cccs2)cc1. The first-order chi connectivity index (χ1) is 12.2. The van der Waals surface area contributed by atoms with E-state index in [1.54, 1.807) is 35.9 Å². The van der Waals surface area contributed by atoms with Crippen molar-refractivity contribution in [2.24, 2.45) is 0 Å². The molecule has 0 saturated carbocycles. The normalized spacial score (nSPS) is 10.4. The smallest absolute Gasteiger partial charge is 0.318 e. The number of hydrogen-bond acceptors (Lipinski definition) is 4. The molecule has 2 aromatic heterocycles. The molecule has 25 heavy (non-hydrogen) atoms. The summed E-state index contributed by atoms with van der Waals surface area (Å²) in [5.74, 6) is 0.800. The molecule has 0 aliphatic heterocycles. The Kier molecular flexibility index (Phi) is 5.74. The molecule has 5 nitrogen and oxygen atoms in total. The summed E-state index contributed by atoms with van der Waals surface area (Å²) < 4.78 is 10.3. The monoisotopic (exact) mass is 356 g/mol. The second kappa shape index (κ2) is 8.39. The molecule has 6 heteroatoms. The molecular weight excluding hydrogens is 336 g/mol. The Morgan fingerprint density at radius 2 is 2.00 bits per heavy atom. The number of ether oxygens (including phenoxy) is 1. The van der Waals surface area contributed by atoms with Crippen molar-refractivity contribution in [3.05, 3.63) is 76.4 Å². The van der Waals surface area contributed by atoms with Gasteiger partial charge in [0.05, 0.1) is 32.7 Å². The number of nitrogens with zero attached hydrogens (tertiary/aromatic N) is 1. The quantitative estimate of drug-likeness (QED) is 0.688. The van der Waals surface area contributed by atoms with E-state index in [1.807, 2.05) is 47.8 Å². The third-order valence-corrected chi connectivity index (χ3v) is 4.63. The highest BCUT2D eigenvalue weighted by molar-refractivity contribution is 7.09. The zero-order valence-corrected chi connectivity index (χ0v) is 14.8. The van der Waals surface area contributed by atoms with Gasteiger partial charge >= 0.3 is 6.03 Å². The van der Waals surface area contributed by atoms with Gasteiger partial charge in [0.1, 0.15) is 5.75 Å². The maximum Gasteiger partial charge on any atom is 0.318 e. The van der Waals surface area contributed by atoms with Crippen molar-refractivity contribution >= 4 is 17.4 Å². The molecule has 3 rings (SSSR count). The maximum absolute atomic E-state index is 12.7. The topological polar surface area (TPSA) is 54.7 Å². The number of carbonyl (C=O) groups is 1. The van der Waals surface area contributed by atoms with Gasteiger partial charge in [0, 0.05) is 17.0 Å². The molecule has 1 N–H and O–H groups in total. The second-order valence-corrected chi connectivity index (χ2v) is 6.61. The van der Waals surface area contributed by atoms with Crippen LogP contribution < -0.4 is 10.1 Å². The third kappa shape index (κ3) is 4.87. The van der Waals surface area contributed by atoms with E-state index in [0.717, 1.165) is 21.8 Å². The number of amides is 2. The predicted octanol–water partition coefficient (Wildman–Crippen LogP) is 4.26. The summed E-state index contributed by atoms with van der Waals surface area (Å²) in [6.07, 6.45) is 3.28. The van der Waals surface area contributed by atoms with Crippen molar-refractivity contribution in [1.29, 1.82) is 0 Å². The molecule has 0 saturated heterocycles. The molecule has 0 aliphatic carbocycles. The van der Waals surface area contributed by atoms with E-state index in [2.05, 4.69) is 5.32 Å². The molecule has 3 aromatic rings. The van der Waals surface area contributed by atoms with Crippen molar-refractivity contribution in [3.8, 4) is 5.75 Å². The van der Waals surface area contributed by atoms with Crippen molar-refractivity contribution in [3.63, 3.8) is 0 Å². The Balaban J connectivity index is 1.62. The highest BCUT2D eigenvalue weighted by atomic mass is 32.1. The summed E-state index contributed by atoms with van der Waals surface area (Å²) in [7, 11) is 1.63. The lowest BCUT2D eigenvalue weighted by molar-refractivity contribution is 0.192. The Morgan fingerprint density at radius 1 is 1.16 bits per heavy atom. The molecule has 2 heterocycles. The van der Waals surface area contributed by atoms with Gasteiger partial charge in [-0.1, -0.05) is 18.2 Å². The highest BCUT2D eigenvalue weighted by Gasteiger charge is 2.15. The lowest BCUT2D eigenvalue weighted by Crippen LogP contribution is -2.38. The minimum Gasteiger partial charge on any atom is -0.497 e. The van der Waals surface area contributed by atoms with Crippen LogP contribution >= 0.6 is 11.3 Å². The van der Waals surface area contributed by atoms with Crippen LogP contribution in [0.5, 0.6) is 5.75 Å². The summed E-state index contributed by atoms with van der Waals surface area (Å²) >= 11 is 1.64. The first kappa shape index (κ1) is 17.1. The number of carbonyl (C=O) groups excluding carboxylic acids is 1. The van der Waals surface area contributed by atoms with Crippen LogP contribution in [0.15, 0.2) is 64.8 Å². The van der Waals surface area contributed by atoms with E-state index in [0.29, 0.717) is 19.6 Å². The summed E-state index contributed by atoms with van der Waals surface area (Å²) in [5.41, 5.74) is 1.99. The van der Waals surface area contributed by atoms with Gasteiger partial charge in [-0.15, -0.1) is 11.3 Å². The number of methoxy groups -OCH3 is 1. The van der Waals surface area contributed by atoms with Crippen molar-refractivity contribution in [1.82, 2.24) is 10.2 Å². The van der Waals surface area contributed by atoms with Crippen LogP contribution in [0.25, 0.3) is 0 Å². The lowest BCUT2D eigenvalue weighted by Gasteiger charge is -2.22. The van der Waals surface area contributed by atoms with Gasteiger partial charge in [0.15, 0.2) is 0 Å². The van der Waals surface area contributed by atoms with Gasteiger partial charge < -0.3 is 19.4 Å². The van der Waals surface area contributed by atoms with E-state index in [4.69, 9.17) is 9.15 Å². The number of nitrogens with one attached hydrogen (secondary N) is 1. The number of hydrogen-bond donors (Lipinski definition) is 1. The molecule has 130 valence electrons. The highest BCUT2D eigenvalue weighted by Crippen LogP contribution is 2.15. The van der Waals surface area contributed by atoms with E-state index in [9.17, 15) is 4.79 Å². The van der Waals surface area contributed by atoms with Crippen molar-refractivity contribution in [2.45, 2.75) is 19.6 Å². The van der Waals surface area contributed by atoms with E-state index in [-0.39, 0.29) is 6.03 Å². The number of thiophene rings is 1. The van der Waals surface area contributed by atoms with Gasteiger partial charge in [-0.05, 0) is 35.2 Å². The Hall–Kier alpha value is -2.73. The standard InChI is InChI=1S/C19H20N2O3S/c1-23-17-6-4-15(5-7-17)11-20-19(22)21(12-16-8-9-24-14-16)13-18-3-2-10-25-18/h2-10,14H,11-13H2,1H3,(H,20,22). The molecule has 0 aliphatic rings. The van der Waals surface area contributed by atoms with E-state index >= 15 is 0 Å². The van der Waals surface area contributed by atoms with Gasteiger partial charge in [-0.2, -0.15) is 0 Å². The molecule has 0 radical (unpaired) electrons. The molecular formula is C19H20N2O3S. The number of rotatable bonds is 7. The molecule has 0 fully saturated rings. The average Bonchev–Trinajstić information content (AvgIpc) is 3.33. The average molecular weight is 356 g/mol. The van der Waals surface area contributed by atoms with Crippen LogP contribution in [0.1, 0.15) is 16.0 Å². The first-order valence-electron chi connectivity index (χ1n) is 7.94. The van der Waals surface area contributed by atoms with Crippen LogP contribution in [0.4, 0.5) is 4.79 Å². The molecule has 0 atom stereocenters. The minimum atomic E-state index is -0.106. The predicted molar refractivity (Wildman–Crippen MR) is 97.5 cm³/mol. The fourth-order valence-electron chi connectivity index (χ4n) is 2.43. The van der Waals surface area contributed by atoms with Gasteiger partial charge in [0.2, 0.25) is 0 Å². The van der Waals surface area contributed by atoms with Crippen LogP contribution in [0.2, 0.25) is 0 Å². The Labute approximate surface area is 150 Å². The van der Waals surface area contributed by atoms with Crippen LogP contribution in [-0.2, 0) is 19.6 Å². The number of benzene rings is 1. The molecule has 0 bridgehead atoms. The summed E-state index contributed by atoms with van der Waals surface area (Å²) in [4.78, 5) is 15.6. The molecule has 2 amide bonds. The fourth-order valence-corrected chi connectivity index (χ4v) is 3.15. The maximum atomic E-state index is 12.7. The van der Waals surface area contributed by atoms with Gasteiger partial charge in [-0.3, -0.25) is 0 Å². The van der Waals surface area contributed by atoms with E-state index < -0.39 is 0 Å². The zero-order chi connectivity index (χ0) is 17.5. The van der Waals surface area contributed by atoms with Gasteiger partial charge in [-0.25, -0.2) is 4.79 Å². The largest absolute Gasteiger partial charge is 0.497 e. The summed E-state index contributed by atoms with van der Waals surface area (Å²) in [5, 5.41) is 5.00. The van der Waals surface area contributed by atoms with Crippen LogP contribution in [0.3, 0.4) is 0 Å². The lowest BCUT2D eigenvalue weighted by atomic mass is 10.2. The van der Waals surface area contributed by atoms with Crippen molar-refractivity contribution < 1.29 is 13.9 Å². The molecule has 0 unspecified atom stereocenters.